The van der Waals surface area contributed by atoms with Crippen molar-refractivity contribution in [1.82, 2.24) is 0 Å². The normalized spacial score (nSPS) is 12.0. The summed E-state index contributed by atoms with van der Waals surface area (Å²) in [5, 5.41) is 1.16. The van der Waals surface area contributed by atoms with Gasteiger partial charge in [-0.1, -0.05) is 29.8 Å². The molecule has 0 saturated heterocycles. The fourth-order valence-corrected chi connectivity index (χ4v) is 3.00. The summed E-state index contributed by atoms with van der Waals surface area (Å²) in [6.45, 7) is 0. The van der Waals surface area contributed by atoms with Gasteiger partial charge in [-0.05, 0) is 35.7 Å². The lowest BCUT2D eigenvalue weighted by Gasteiger charge is -1.99. The molecule has 0 amide bonds. The van der Waals surface area contributed by atoms with E-state index in [4.69, 9.17) is 17.3 Å². The van der Waals surface area contributed by atoms with Crippen molar-refractivity contribution in [3.8, 4) is 0 Å². The molecule has 0 aliphatic heterocycles. The molecule has 0 spiro atoms. The van der Waals surface area contributed by atoms with E-state index >= 15 is 0 Å². The highest BCUT2D eigenvalue weighted by Crippen LogP contribution is 2.27. The third-order valence-electron chi connectivity index (χ3n) is 2.83. The third-order valence-corrected chi connectivity index (χ3v) is 4.26. The van der Waals surface area contributed by atoms with Crippen LogP contribution in [0.15, 0.2) is 53.5 Å². The van der Waals surface area contributed by atoms with E-state index in [0.717, 1.165) is 15.0 Å². The Labute approximate surface area is 124 Å². The van der Waals surface area contributed by atoms with Crippen molar-refractivity contribution in [3.63, 3.8) is 0 Å². The molecule has 1 heterocycles. The van der Waals surface area contributed by atoms with Gasteiger partial charge in [0.1, 0.15) is 11.7 Å². The molecule has 0 aliphatic carbocycles. The molecule has 0 atom stereocenters. The molecule has 0 radical (unpaired) electrons. The number of rotatable bonds is 2. The maximum absolute atomic E-state index is 13.1. The van der Waals surface area contributed by atoms with Crippen LogP contribution in [0.1, 0.15) is 4.88 Å². The molecule has 20 heavy (non-hydrogen) atoms. The monoisotopic (exact) mass is 304 g/mol. The van der Waals surface area contributed by atoms with Crippen LogP contribution in [0.3, 0.4) is 0 Å². The van der Waals surface area contributed by atoms with Crippen molar-refractivity contribution in [2.24, 2.45) is 10.7 Å². The fourth-order valence-electron chi connectivity index (χ4n) is 1.86. The second-order valence-corrected chi connectivity index (χ2v) is 5.73. The summed E-state index contributed by atoms with van der Waals surface area (Å²) in [4.78, 5) is 5.16. The van der Waals surface area contributed by atoms with Crippen molar-refractivity contribution in [2.45, 2.75) is 0 Å². The Morgan fingerprint density at radius 2 is 1.95 bits per heavy atom. The van der Waals surface area contributed by atoms with Gasteiger partial charge >= 0.3 is 0 Å². The Morgan fingerprint density at radius 3 is 2.70 bits per heavy atom. The first-order valence-electron chi connectivity index (χ1n) is 5.91. The van der Waals surface area contributed by atoms with Crippen LogP contribution in [0.5, 0.6) is 0 Å². The zero-order valence-electron chi connectivity index (χ0n) is 10.3. The average molecular weight is 305 g/mol. The second-order valence-electron chi connectivity index (χ2n) is 4.24. The van der Waals surface area contributed by atoms with Crippen molar-refractivity contribution >= 4 is 44.5 Å². The minimum Gasteiger partial charge on any atom is -0.383 e. The Morgan fingerprint density at radius 1 is 1.15 bits per heavy atom. The van der Waals surface area contributed by atoms with E-state index in [1.807, 2.05) is 30.3 Å². The van der Waals surface area contributed by atoms with E-state index in [2.05, 4.69) is 4.99 Å². The van der Waals surface area contributed by atoms with Crippen molar-refractivity contribution in [2.75, 3.05) is 0 Å². The molecule has 3 rings (SSSR count). The van der Waals surface area contributed by atoms with Crippen LogP contribution in [0.4, 0.5) is 10.1 Å². The Bertz CT molecular complexity index is 777. The number of hydrogen-bond acceptors (Lipinski definition) is 2. The summed E-state index contributed by atoms with van der Waals surface area (Å²) >= 11 is 7.29. The van der Waals surface area contributed by atoms with Gasteiger partial charge in [0.15, 0.2) is 0 Å². The van der Waals surface area contributed by atoms with Gasteiger partial charge in [-0.2, -0.15) is 0 Å². The minimum atomic E-state index is -0.467. The van der Waals surface area contributed by atoms with E-state index in [-0.39, 0.29) is 5.02 Å². The van der Waals surface area contributed by atoms with Gasteiger partial charge in [0.2, 0.25) is 0 Å². The lowest BCUT2D eigenvalue weighted by molar-refractivity contribution is 0.628. The molecule has 0 saturated carbocycles. The summed E-state index contributed by atoms with van der Waals surface area (Å²) in [5.74, 6) is -0.0695. The van der Waals surface area contributed by atoms with E-state index in [1.54, 1.807) is 17.4 Å². The van der Waals surface area contributed by atoms with E-state index in [0.29, 0.717) is 11.5 Å². The molecular formula is C15H10ClFN2S. The molecule has 3 aromatic rings. The van der Waals surface area contributed by atoms with Crippen LogP contribution in [0.2, 0.25) is 5.02 Å². The highest BCUT2D eigenvalue weighted by atomic mass is 35.5. The van der Waals surface area contributed by atoms with E-state index < -0.39 is 5.82 Å². The molecular weight excluding hydrogens is 295 g/mol. The van der Waals surface area contributed by atoms with Crippen molar-refractivity contribution < 1.29 is 4.39 Å². The number of benzene rings is 2. The molecule has 2 nitrogen and oxygen atoms in total. The predicted molar refractivity (Wildman–Crippen MR) is 83.6 cm³/mol. The first-order chi connectivity index (χ1) is 9.63. The number of nitrogens with two attached hydrogens (primary N) is 1. The lowest BCUT2D eigenvalue weighted by Crippen LogP contribution is -2.10. The van der Waals surface area contributed by atoms with Crippen LogP contribution in [0, 0.1) is 5.82 Å². The number of halogens is 2. The zero-order chi connectivity index (χ0) is 14.1. The summed E-state index contributed by atoms with van der Waals surface area (Å²) in [7, 11) is 0. The Kier molecular flexibility index (Phi) is 3.42. The maximum Gasteiger partial charge on any atom is 0.141 e. The summed E-state index contributed by atoms with van der Waals surface area (Å²) in [5.41, 5.74) is 6.54. The van der Waals surface area contributed by atoms with Gasteiger partial charge < -0.3 is 5.73 Å². The minimum absolute atomic E-state index is 0.0374. The van der Waals surface area contributed by atoms with Gasteiger partial charge in [-0.3, -0.25) is 0 Å². The van der Waals surface area contributed by atoms with Gasteiger partial charge in [-0.15, -0.1) is 11.3 Å². The molecule has 0 aliphatic rings. The summed E-state index contributed by atoms with van der Waals surface area (Å²) in [6.07, 6.45) is 0. The predicted octanol–water partition coefficient (Wildman–Crippen LogP) is 4.73. The van der Waals surface area contributed by atoms with Crippen LogP contribution >= 0.6 is 22.9 Å². The summed E-state index contributed by atoms with van der Waals surface area (Å²) < 4.78 is 14.2. The molecule has 1 aromatic heterocycles. The molecule has 2 aromatic carbocycles. The van der Waals surface area contributed by atoms with Crippen LogP contribution in [0.25, 0.3) is 10.1 Å². The SMILES string of the molecule is NC(=Nc1ccc(F)c(Cl)c1)c1cc2ccccc2s1. The average Bonchev–Trinajstić information content (AvgIpc) is 2.87. The van der Waals surface area contributed by atoms with Crippen LogP contribution < -0.4 is 5.73 Å². The second kappa shape index (κ2) is 5.23. The molecule has 0 bridgehead atoms. The fraction of sp³-hybridized carbons (Fsp3) is 0. The van der Waals surface area contributed by atoms with E-state index in [1.165, 1.54) is 12.1 Å². The van der Waals surface area contributed by atoms with Gasteiger partial charge in [0.05, 0.1) is 15.6 Å². The van der Waals surface area contributed by atoms with Crippen LogP contribution in [-0.4, -0.2) is 5.84 Å². The quantitative estimate of drug-likeness (QED) is 0.539. The largest absolute Gasteiger partial charge is 0.383 e. The maximum atomic E-state index is 13.1. The van der Waals surface area contributed by atoms with Gasteiger partial charge in [0, 0.05) is 4.70 Å². The van der Waals surface area contributed by atoms with Gasteiger partial charge in [-0.25, -0.2) is 9.38 Å². The zero-order valence-corrected chi connectivity index (χ0v) is 11.9. The van der Waals surface area contributed by atoms with E-state index in [9.17, 15) is 4.39 Å². The highest BCUT2D eigenvalue weighted by molar-refractivity contribution is 7.20. The number of fused-ring (bicyclic) bond motifs is 1. The smallest absolute Gasteiger partial charge is 0.141 e. The van der Waals surface area contributed by atoms with Crippen LogP contribution in [-0.2, 0) is 0 Å². The topological polar surface area (TPSA) is 38.4 Å². The molecule has 100 valence electrons. The number of aliphatic imine (C=N–C) groups is 1. The Balaban J connectivity index is 2.00. The molecule has 0 fully saturated rings. The first kappa shape index (κ1) is 13.1. The summed E-state index contributed by atoms with van der Waals surface area (Å²) in [6, 6.07) is 14.3. The van der Waals surface area contributed by atoms with Gasteiger partial charge in [0.25, 0.3) is 0 Å². The number of nitrogens with zero attached hydrogens (tertiary/aromatic N) is 1. The lowest BCUT2D eigenvalue weighted by atomic mass is 10.2. The third kappa shape index (κ3) is 2.53. The molecule has 2 N–H and O–H groups in total. The van der Waals surface area contributed by atoms with Crippen molar-refractivity contribution in [1.29, 1.82) is 0 Å². The Hall–Kier alpha value is -1.91. The first-order valence-corrected chi connectivity index (χ1v) is 7.11. The molecule has 0 unspecified atom stereocenters. The van der Waals surface area contributed by atoms with Crippen molar-refractivity contribution in [3.05, 3.63) is 64.2 Å². The standard InChI is InChI=1S/C15H10ClFN2S/c16-11-8-10(5-6-12(11)17)19-15(18)14-7-9-3-1-2-4-13(9)20-14/h1-8H,(H2,18,19). The highest BCUT2D eigenvalue weighted by Gasteiger charge is 2.06. The number of hydrogen-bond donors (Lipinski definition) is 1. The number of thiophene rings is 1. The molecule has 5 heteroatoms. The number of amidine groups is 1.